The molecule has 1 fully saturated rings. The minimum atomic E-state index is 0.665. The number of benzene rings is 1. The summed E-state index contributed by atoms with van der Waals surface area (Å²) in [5, 5.41) is 3.53. The molecule has 0 bridgehead atoms. The monoisotopic (exact) mass is 320 g/mol. The van der Waals surface area contributed by atoms with Gasteiger partial charge in [0.05, 0.1) is 11.0 Å². The Labute approximate surface area is 142 Å². The molecule has 1 aromatic carbocycles. The van der Waals surface area contributed by atoms with E-state index in [4.69, 9.17) is 4.98 Å². The van der Waals surface area contributed by atoms with Gasteiger partial charge >= 0.3 is 0 Å². The zero-order chi connectivity index (χ0) is 16.5. The summed E-state index contributed by atoms with van der Waals surface area (Å²) >= 11 is 0. The molecule has 24 heavy (non-hydrogen) atoms. The van der Waals surface area contributed by atoms with Crippen molar-refractivity contribution in [3.8, 4) is 11.4 Å². The predicted octanol–water partition coefficient (Wildman–Crippen LogP) is 3.71. The van der Waals surface area contributed by atoms with Crippen LogP contribution < -0.4 is 5.32 Å². The van der Waals surface area contributed by atoms with Crippen molar-refractivity contribution in [1.29, 1.82) is 0 Å². The topological polar surface area (TPSA) is 42.7 Å². The Morgan fingerprint density at radius 2 is 1.96 bits per heavy atom. The van der Waals surface area contributed by atoms with Gasteiger partial charge in [0.15, 0.2) is 0 Å². The summed E-state index contributed by atoms with van der Waals surface area (Å²) in [5.41, 5.74) is 6.10. The highest BCUT2D eigenvalue weighted by atomic mass is 15.1. The number of piperidine rings is 1. The Hall–Kier alpha value is -2.20. The summed E-state index contributed by atoms with van der Waals surface area (Å²) in [4.78, 5) is 9.12. The van der Waals surface area contributed by atoms with Crippen molar-refractivity contribution < 1.29 is 0 Å². The number of imidazole rings is 1. The van der Waals surface area contributed by atoms with E-state index in [9.17, 15) is 0 Å². The van der Waals surface area contributed by atoms with Gasteiger partial charge < -0.3 is 9.88 Å². The van der Waals surface area contributed by atoms with Gasteiger partial charge in [-0.15, -0.1) is 0 Å². The third-order valence-electron chi connectivity index (χ3n) is 5.14. The molecule has 2 aromatic heterocycles. The van der Waals surface area contributed by atoms with Crippen LogP contribution in [0.2, 0.25) is 0 Å². The first-order valence-corrected chi connectivity index (χ1v) is 8.81. The largest absolute Gasteiger partial charge is 0.324 e. The number of pyridine rings is 1. The molecule has 4 rings (SSSR count). The molecule has 0 spiro atoms. The number of nitrogens with zero attached hydrogens (tertiary/aromatic N) is 3. The zero-order valence-corrected chi connectivity index (χ0v) is 14.4. The van der Waals surface area contributed by atoms with Gasteiger partial charge in [-0.1, -0.05) is 0 Å². The lowest BCUT2D eigenvalue weighted by Crippen LogP contribution is -2.32. The van der Waals surface area contributed by atoms with Crippen molar-refractivity contribution in [3.63, 3.8) is 0 Å². The van der Waals surface area contributed by atoms with Crippen LogP contribution in [-0.4, -0.2) is 27.6 Å². The van der Waals surface area contributed by atoms with Crippen LogP contribution in [-0.2, 0) is 6.54 Å². The van der Waals surface area contributed by atoms with Crippen LogP contribution in [0.25, 0.3) is 22.4 Å². The first kappa shape index (κ1) is 15.3. The van der Waals surface area contributed by atoms with Gasteiger partial charge in [-0.05, 0) is 81.1 Å². The third kappa shape index (κ3) is 2.82. The van der Waals surface area contributed by atoms with Crippen molar-refractivity contribution in [3.05, 3.63) is 47.8 Å². The molecular weight excluding hydrogens is 296 g/mol. The average Bonchev–Trinajstić information content (AvgIpc) is 2.95. The van der Waals surface area contributed by atoms with Crippen molar-refractivity contribution in [1.82, 2.24) is 19.9 Å². The van der Waals surface area contributed by atoms with E-state index in [-0.39, 0.29) is 0 Å². The lowest BCUT2D eigenvalue weighted by molar-refractivity contribution is 0.341. The molecule has 1 aliphatic heterocycles. The smallest absolute Gasteiger partial charge is 0.141 e. The average molecular weight is 320 g/mol. The van der Waals surface area contributed by atoms with E-state index in [0.717, 1.165) is 36.5 Å². The van der Waals surface area contributed by atoms with Gasteiger partial charge in [-0.3, -0.25) is 4.98 Å². The minimum absolute atomic E-state index is 0.665. The molecule has 0 amide bonds. The molecule has 1 atom stereocenters. The van der Waals surface area contributed by atoms with E-state index in [0.29, 0.717) is 5.92 Å². The van der Waals surface area contributed by atoms with Gasteiger partial charge in [0.25, 0.3) is 0 Å². The third-order valence-corrected chi connectivity index (χ3v) is 5.14. The highest BCUT2D eigenvalue weighted by Crippen LogP contribution is 2.28. The molecule has 1 unspecified atom stereocenters. The SMILES string of the molecule is Cc1cc2nc(-c3ccncc3)n(CC3CCCNC3)c2cc1C. The Morgan fingerprint density at radius 3 is 2.71 bits per heavy atom. The van der Waals surface area contributed by atoms with Crippen LogP contribution in [0, 0.1) is 19.8 Å². The number of nitrogens with one attached hydrogen (secondary N) is 1. The summed E-state index contributed by atoms with van der Waals surface area (Å²) in [6, 6.07) is 8.61. The fourth-order valence-electron chi connectivity index (χ4n) is 3.62. The minimum Gasteiger partial charge on any atom is -0.324 e. The van der Waals surface area contributed by atoms with Gasteiger partial charge in [0.2, 0.25) is 0 Å². The van der Waals surface area contributed by atoms with Gasteiger partial charge in [-0.25, -0.2) is 4.98 Å². The second-order valence-corrected chi connectivity index (χ2v) is 6.92. The number of fused-ring (bicyclic) bond motifs is 1. The lowest BCUT2D eigenvalue weighted by atomic mass is 9.99. The molecule has 1 aliphatic rings. The quantitative estimate of drug-likeness (QED) is 0.800. The van der Waals surface area contributed by atoms with Crippen LogP contribution in [0.15, 0.2) is 36.7 Å². The van der Waals surface area contributed by atoms with Crippen molar-refractivity contribution in [2.75, 3.05) is 13.1 Å². The van der Waals surface area contributed by atoms with Crippen LogP contribution in [0.4, 0.5) is 0 Å². The second kappa shape index (κ2) is 6.36. The maximum Gasteiger partial charge on any atom is 0.141 e. The number of rotatable bonds is 3. The number of aromatic nitrogens is 3. The standard InChI is InChI=1S/C20H24N4/c1-14-10-18-19(11-15(14)2)24(13-16-4-3-7-22-12-16)20(23-18)17-5-8-21-9-6-17/h5-6,8-11,16,22H,3-4,7,12-13H2,1-2H3. The molecule has 4 heteroatoms. The van der Waals surface area contributed by atoms with Gasteiger partial charge in [-0.2, -0.15) is 0 Å². The number of aryl methyl sites for hydroxylation is 2. The molecule has 4 nitrogen and oxygen atoms in total. The summed E-state index contributed by atoms with van der Waals surface area (Å²) in [5.74, 6) is 1.72. The van der Waals surface area contributed by atoms with E-state index in [2.05, 4.69) is 53.0 Å². The number of hydrogen-bond acceptors (Lipinski definition) is 3. The van der Waals surface area contributed by atoms with E-state index in [1.807, 2.05) is 12.4 Å². The van der Waals surface area contributed by atoms with E-state index >= 15 is 0 Å². The highest BCUT2D eigenvalue weighted by molar-refractivity contribution is 5.82. The fourth-order valence-corrected chi connectivity index (χ4v) is 3.62. The summed E-state index contributed by atoms with van der Waals surface area (Å²) in [6.07, 6.45) is 6.24. The van der Waals surface area contributed by atoms with Crippen LogP contribution >= 0.6 is 0 Å². The summed E-state index contributed by atoms with van der Waals surface area (Å²) in [6.45, 7) is 7.60. The van der Waals surface area contributed by atoms with E-state index in [1.165, 1.54) is 29.5 Å². The summed E-state index contributed by atoms with van der Waals surface area (Å²) < 4.78 is 2.41. The van der Waals surface area contributed by atoms with Crippen LogP contribution in [0.5, 0.6) is 0 Å². The molecule has 3 heterocycles. The molecule has 0 saturated carbocycles. The van der Waals surface area contributed by atoms with Gasteiger partial charge in [0, 0.05) is 24.5 Å². The van der Waals surface area contributed by atoms with E-state index in [1.54, 1.807) is 0 Å². The van der Waals surface area contributed by atoms with Crippen molar-refractivity contribution in [2.24, 2.45) is 5.92 Å². The molecule has 0 radical (unpaired) electrons. The maximum absolute atomic E-state index is 4.97. The van der Waals surface area contributed by atoms with E-state index < -0.39 is 0 Å². The Balaban J connectivity index is 1.85. The molecule has 1 saturated heterocycles. The first-order valence-electron chi connectivity index (χ1n) is 8.81. The van der Waals surface area contributed by atoms with Crippen molar-refractivity contribution in [2.45, 2.75) is 33.2 Å². The normalized spacial score (nSPS) is 18.2. The Bertz CT molecular complexity index is 845. The fraction of sp³-hybridized carbons (Fsp3) is 0.400. The maximum atomic E-state index is 4.97. The zero-order valence-electron chi connectivity index (χ0n) is 14.4. The van der Waals surface area contributed by atoms with Crippen molar-refractivity contribution >= 4 is 11.0 Å². The summed E-state index contributed by atoms with van der Waals surface area (Å²) in [7, 11) is 0. The first-order chi connectivity index (χ1) is 11.7. The predicted molar refractivity (Wildman–Crippen MR) is 98.0 cm³/mol. The molecule has 3 aromatic rings. The van der Waals surface area contributed by atoms with Crippen LogP contribution in [0.3, 0.4) is 0 Å². The van der Waals surface area contributed by atoms with Gasteiger partial charge in [0.1, 0.15) is 5.82 Å². The highest BCUT2D eigenvalue weighted by Gasteiger charge is 2.19. The molecule has 1 N–H and O–H groups in total. The second-order valence-electron chi connectivity index (χ2n) is 6.92. The molecular formula is C20H24N4. The number of hydrogen-bond donors (Lipinski definition) is 1. The molecule has 0 aliphatic carbocycles. The Morgan fingerprint density at radius 1 is 1.17 bits per heavy atom. The Kier molecular flexibility index (Phi) is 4.07. The van der Waals surface area contributed by atoms with Crippen LogP contribution in [0.1, 0.15) is 24.0 Å². The molecule has 124 valence electrons. The lowest BCUT2D eigenvalue weighted by Gasteiger charge is -2.24.